The minimum absolute atomic E-state index is 0.00518. The highest BCUT2D eigenvalue weighted by Crippen LogP contribution is 2.13. The van der Waals surface area contributed by atoms with Crippen LogP contribution in [-0.4, -0.2) is 35.6 Å². The Morgan fingerprint density at radius 3 is 2.89 bits per heavy atom. The molecule has 2 heterocycles. The zero-order valence-corrected chi connectivity index (χ0v) is 15.3. The number of aromatic nitrogens is 2. The van der Waals surface area contributed by atoms with Crippen LogP contribution in [0.3, 0.4) is 0 Å². The number of nitrogens with zero attached hydrogens (tertiary/aromatic N) is 2. The number of rotatable bonds is 7. The summed E-state index contributed by atoms with van der Waals surface area (Å²) < 4.78 is 11.9. The van der Waals surface area contributed by atoms with Crippen LogP contribution >= 0.6 is 0 Å². The number of methoxy groups -OCH3 is 1. The molecule has 3 rings (SSSR count). The van der Waals surface area contributed by atoms with Crippen molar-refractivity contribution in [3.8, 4) is 5.75 Å². The number of amides is 1. The lowest BCUT2D eigenvalue weighted by Crippen LogP contribution is -2.31. The third-order valence-corrected chi connectivity index (χ3v) is 4.00. The van der Waals surface area contributed by atoms with Gasteiger partial charge >= 0.3 is 0 Å². The first kappa shape index (κ1) is 18.6. The molecule has 0 aliphatic rings. The predicted octanol–water partition coefficient (Wildman–Crippen LogP) is 1.96. The maximum absolute atomic E-state index is 12.6. The summed E-state index contributed by atoms with van der Waals surface area (Å²) >= 11 is 0. The first-order chi connectivity index (χ1) is 13.1. The first-order valence-electron chi connectivity index (χ1n) is 8.55. The van der Waals surface area contributed by atoms with Gasteiger partial charge in [0.05, 0.1) is 6.61 Å². The Bertz CT molecular complexity index is 1010. The number of hydrogen-bond donors (Lipinski definition) is 1. The molecule has 0 spiro atoms. The van der Waals surface area contributed by atoms with E-state index in [0.29, 0.717) is 24.6 Å². The van der Waals surface area contributed by atoms with E-state index < -0.39 is 11.5 Å². The summed E-state index contributed by atoms with van der Waals surface area (Å²) in [6.07, 6.45) is 2.98. The fourth-order valence-corrected chi connectivity index (χ4v) is 2.60. The summed E-state index contributed by atoms with van der Waals surface area (Å²) in [5, 5.41) is 2.76. The van der Waals surface area contributed by atoms with Gasteiger partial charge in [-0.25, -0.2) is 4.98 Å². The summed E-state index contributed by atoms with van der Waals surface area (Å²) in [5.74, 6) is 0.232. The summed E-state index contributed by atoms with van der Waals surface area (Å²) in [6, 6.07) is 11.0. The predicted molar refractivity (Wildman–Crippen MR) is 101 cm³/mol. The van der Waals surface area contributed by atoms with Crippen molar-refractivity contribution in [2.45, 2.75) is 13.5 Å². The number of ether oxygens (including phenoxy) is 2. The van der Waals surface area contributed by atoms with Crippen LogP contribution in [0.25, 0.3) is 5.65 Å². The molecule has 140 valence electrons. The topological polar surface area (TPSA) is 81.9 Å². The molecule has 0 bridgehead atoms. The van der Waals surface area contributed by atoms with Gasteiger partial charge in [0.1, 0.15) is 23.6 Å². The first-order valence-corrected chi connectivity index (χ1v) is 8.55. The number of carbonyl (C=O) groups is 1. The maximum Gasteiger partial charge on any atom is 0.270 e. The molecule has 0 aliphatic heterocycles. The van der Waals surface area contributed by atoms with E-state index in [4.69, 9.17) is 9.47 Å². The van der Waals surface area contributed by atoms with E-state index in [-0.39, 0.29) is 12.1 Å². The molecule has 7 heteroatoms. The molecule has 0 unspecified atom stereocenters. The Kier molecular flexibility index (Phi) is 5.83. The van der Waals surface area contributed by atoms with Crippen LogP contribution in [0.15, 0.2) is 53.6 Å². The molecule has 0 aliphatic carbocycles. The van der Waals surface area contributed by atoms with Gasteiger partial charge in [-0.2, -0.15) is 0 Å². The summed E-state index contributed by atoms with van der Waals surface area (Å²) in [7, 11) is 1.61. The number of nitrogens with one attached hydrogen (secondary N) is 1. The molecule has 2 aromatic heterocycles. The number of carbonyl (C=O) groups excluding carboxylic acids is 1. The Morgan fingerprint density at radius 1 is 1.22 bits per heavy atom. The lowest BCUT2D eigenvalue weighted by atomic mass is 10.2. The van der Waals surface area contributed by atoms with Crippen molar-refractivity contribution >= 4 is 11.6 Å². The molecule has 0 saturated carbocycles. The maximum atomic E-state index is 12.6. The van der Waals surface area contributed by atoms with Crippen LogP contribution in [0.4, 0.5) is 0 Å². The van der Waals surface area contributed by atoms with E-state index in [2.05, 4.69) is 10.3 Å². The van der Waals surface area contributed by atoms with E-state index in [1.165, 1.54) is 10.6 Å². The zero-order chi connectivity index (χ0) is 19.2. The standard InChI is InChI=1S/C20H21N3O4/c1-14-6-7-18-21-12-17(20(25)23(18)13-14)19(24)22-11-15-4-3-5-16(10-15)27-9-8-26-2/h3-7,10,12-13H,8-9,11H2,1-2H3,(H,22,24). The molecule has 0 saturated heterocycles. The zero-order valence-electron chi connectivity index (χ0n) is 15.3. The molecule has 1 aromatic carbocycles. The molecule has 1 amide bonds. The fourth-order valence-electron chi connectivity index (χ4n) is 2.60. The van der Waals surface area contributed by atoms with Gasteiger partial charge in [-0.3, -0.25) is 14.0 Å². The molecule has 3 aromatic rings. The Balaban J connectivity index is 1.71. The van der Waals surface area contributed by atoms with E-state index in [9.17, 15) is 9.59 Å². The Morgan fingerprint density at radius 2 is 2.07 bits per heavy atom. The van der Waals surface area contributed by atoms with E-state index in [0.717, 1.165) is 11.1 Å². The highest BCUT2D eigenvalue weighted by molar-refractivity contribution is 5.93. The van der Waals surface area contributed by atoms with Crippen LogP contribution in [0.1, 0.15) is 21.5 Å². The highest BCUT2D eigenvalue weighted by atomic mass is 16.5. The van der Waals surface area contributed by atoms with Gasteiger partial charge in [0.15, 0.2) is 0 Å². The van der Waals surface area contributed by atoms with Crippen LogP contribution < -0.4 is 15.6 Å². The van der Waals surface area contributed by atoms with Gasteiger partial charge in [0, 0.05) is 26.0 Å². The number of pyridine rings is 1. The molecular formula is C20H21N3O4. The third kappa shape index (κ3) is 4.51. The second-order valence-corrected chi connectivity index (χ2v) is 6.08. The van der Waals surface area contributed by atoms with E-state index >= 15 is 0 Å². The fraction of sp³-hybridized carbons (Fsp3) is 0.250. The van der Waals surface area contributed by atoms with Crippen molar-refractivity contribution in [3.05, 3.63) is 75.8 Å². The molecule has 7 nitrogen and oxygen atoms in total. The number of benzene rings is 1. The van der Waals surface area contributed by atoms with Crippen molar-refractivity contribution in [1.82, 2.24) is 14.7 Å². The smallest absolute Gasteiger partial charge is 0.270 e. The number of aryl methyl sites for hydroxylation is 1. The van der Waals surface area contributed by atoms with Gasteiger partial charge in [0.25, 0.3) is 11.5 Å². The van der Waals surface area contributed by atoms with Crippen molar-refractivity contribution in [2.24, 2.45) is 0 Å². The lowest BCUT2D eigenvalue weighted by molar-refractivity contribution is 0.0948. The van der Waals surface area contributed by atoms with Crippen LogP contribution in [0.2, 0.25) is 0 Å². The molecule has 0 fully saturated rings. The number of fused-ring (bicyclic) bond motifs is 1. The average molecular weight is 367 g/mol. The minimum Gasteiger partial charge on any atom is -0.491 e. The summed E-state index contributed by atoms with van der Waals surface area (Å²) in [5.41, 5.74) is 1.89. The highest BCUT2D eigenvalue weighted by Gasteiger charge is 2.13. The van der Waals surface area contributed by atoms with Gasteiger partial charge in [-0.05, 0) is 36.2 Å². The number of hydrogen-bond acceptors (Lipinski definition) is 5. The Hall–Kier alpha value is -3.19. The molecule has 0 atom stereocenters. The van der Waals surface area contributed by atoms with Gasteiger partial charge in [-0.1, -0.05) is 18.2 Å². The molecule has 0 radical (unpaired) electrons. The van der Waals surface area contributed by atoms with Crippen molar-refractivity contribution in [1.29, 1.82) is 0 Å². The van der Waals surface area contributed by atoms with E-state index in [1.54, 1.807) is 19.4 Å². The second kappa shape index (κ2) is 8.46. The van der Waals surface area contributed by atoms with Crippen LogP contribution in [0.5, 0.6) is 5.75 Å². The van der Waals surface area contributed by atoms with Crippen molar-refractivity contribution < 1.29 is 14.3 Å². The average Bonchev–Trinajstić information content (AvgIpc) is 2.67. The molecule has 27 heavy (non-hydrogen) atoms. The van der Waals surface area contributed by atoms with Crippen LogP contribution in [-0.2, 0) is 11.3 Å². The lowest BCUT2D eigenvalue weighted by Gasteiger charge is -2.09. The Labute approximate surface area is 156 Å². The minimum atomic E-state index is -0.464. The normalized spacial score (nSPS) is 10.7. The molecule has 1 N–H and O–H groups in total. The summed E-state index contributed by atoms with van der Waals surface area (Å²) in [6.45, 7) is 3.10. The van der Waals surface area contributed by atoms with Crippen molar-refractivity contribution in [3.63, 3.8) is 0 Å². The van der Waals surface area contributed by atoms with Gasteiger partial charge in [-0.15, -0.1) is 0 Å². The van der Waals surface area contributed by atoms with Gasteiger partial charge < -0.3 is 14.8 Å². The molecular weight excluding hydrogens is 346 g/mol. The van der Waals surface area contributed by atoms with Gasteiger partial charge in [0.2, 0.25) is 0 Å². The van der Waals surface area contributed by atoms with E-state index in [1.807, 2.05) is 37.3 Å². The van der Waals surface area contributed by atoms with Crippen LogP contribution in [0, 0.1) is 6.92 Å². The van der Waals surface area contributed by atoms with Crippen molar-refractivity contribution in [2.75, 3.05) is 20.3 Å². The SMILES string of the molecule is COCCOc1cccc(CNC(=O)c2cnc3ccc(C)cn3c2=O)c1. The quantitative estimate of drug-likeness (QED) is 0.646. The monoisotopic (exact) mass is 367 g/mol. The summed E-state index contributed by atoms with van der Waals surface area (Å²) in [4.78, 5) is 29.2. The largest absolute Gasteiger partial charge is 0.491 e. The third-order valence-electron chi connectivity index (χ3n) is 4.00. The second-order valence-electron chi connectivity index (χ2n) is 6.08.